The molecule has 0 aliphatic carbocycles. The normalized spacial score (nSPS) is 15.8. The van der Waals surface area contributed by atoms with Gasteiger partial charge in [-0.15, -0.1) is 0 Å². The number of halogens is 6. The Kier molecular flexibility index (Phi) is 10.5. The van der Waals surface area contributed by atoms with Gasteiger partial charge >= 0.3 is 6.18 Å². The zero-order valence-corrected chi connectivity index (χ0v) is 22.9. The van der Waals surface area contributed by atoms with Gasteiger partial charge in [-0.2, -0.15) is 13.2 Å². The molecule has 224 valence electrons. The molecule has 0 spiro atoms. The summed E-state index contributed by atoms with van der Waals surface area (Å²) < 4.78 is 75.4. The van der Waals surface area contributed by atoms with E-state index in [0.29, 0.717) is 25.2 Å². The average molecular weight is 606 g/mol. The number of anilines is 1. The van der Waals surface area contributed by atoms with Crippen LogP contribution >= 0.6 is 11.6 Å². The number of hydrogen-bond donors (Lipinski definition) is 3. The molecule has 1 aliphatic rings. The van der Waals surface area contributed by atoms with Crippen LogP contribution in [0, 0.1) is 5.41 Å². The quantitative estimate of drug-likeness (QED) is 0.317. The SMILES string of the molecule is CC(C)(C(=O)NCc1ccc(Cl)c(C(=O)Nc2ccc(OCC(F)F)c(C(=O)NC3CCCOC3)c2)c1)C(F)(F)F. The van der Waals surface area contributed by atoms with E-state index in [2.05, 4.69) is 16.0 Å². The minimum Gasteiger partial charge on any atom is -0.487 e. The lowest BCUT2D eigenvalue weighted by molar-refractivity contribution is -0.211. The highest BCUT2D eigenvalue weighted by molar-refractivity contribution is 6.34. The zero-order chi connectivity index (χ0) is 30.4. The van der Waals surface area contributed by atoms with Gasteiger partial charge in [0, 0.05) is 18.8 Å². The lowest BCUT2D eigenvalue weighted by Gasteiger charge is -2.26. The van der Waals surface area contributed by atoms with Crippen molar-refractivity contribution in [3.05, 3.63) is 58.1 Å². The van der Waals surface area contributed by atoms with Crippen molar-refractivity contribution < 1.29 is 45.8 Å². The summed E-state index contributed by atoms with van der Waals surface area (Å²) in [6.45, 7) is 1.12. The fourth-order valence-electron chi connectivity index (χ4n) is 3.77. The molecule has 41 heavy (non-hydrogen) atoms. The van der Waals surface area contributed by atoms with E-state index in [1.54, 1.807) is 0 Å². The van der Waals surface area contributed by atoms with Crippen LogP contribution < -0.4 is 20.7 Å². The van der Waals surface area contributed by atoms with Crippen LogP contribution in [0.5, 0.6) is 5.75 Å². The number of carbonyl (C=O) groups excluding carboxylic acids is 3. The molecule has 0 saturated carbocycles. The molecule has 8 nitrogen and oxygen atoms in total. The molecule has 1 fully saturated rings. The Hall–Kier alpha value is -3.45. The van der Waals surface area contributed by atoms with E-state index in [4.69, 9.17) is 21.1 Å². The van der Waals surface area contributed by atoms with Crippen molar-refractivity contribution in [2.75, 3.05) is 25.1 Å². The number of alkyl halides is 5. The summed E-state index contributed by atoms with van der Waals surface area (Å²) >= 11 is 6.17. The monoisotopic (exact) mass is 605 g/mol. The summed E-state index contributed by atoms with van der Waals surface area (Å²) in [5.41, 5.74) is -2.36. The first-order chi connectivity index (χ1) is 19.2. The molecule has 1 atom stereocenters. The van der Waals surface area contributed by atoms with Crippen LogP contribution in [0.1, 0.15) is 53.0 Å². The number of rotatable bonds is 10. The molecule has 1 aliphatic heterocycles. The van der Waals surface area contributed by atoms with Crippen molar-refractivity contribution in [2.45, 2.75) is 51.9 Å². The summed E-state index contributed by atoms with van der Waals surface area (Å²) in [7, 11) is 0. The van der Waals surface area contributed by atoms with E-state index in [1.807, 2.05) is 0 Å². The Labute approximate surface area is 237 Å². The minimum atomic E-state index is -4.76. The highest BCUT2D eigenvalue weighted by Crippen LogP contribution is 2.37. The molecule has 14 heteroatoms. The Balaban J connectivity index is 1.77. The number of carbonyl (C=O) groups is 3. The van der Waals surface area contributed by atoms with Crippen molar-refractivity contribution in [2.24, 2.45) is 5.41 Å². The Morgan fingerprint density at radius 3 is 2.44 bits per heavy atom. The van der Waals surface area contributed by atoms with E-state index in [-0.39, 0.29) is 40.2 Å². The van der Waals surface area contributed by atoms with Crippen LogP contribution in [0.3, 0.4) is 0 Å². The average Bonchev–Trinajstić information content (AvgIpc) is 2.91. The van der Waals surface area contributed by atoms with E-state index < -0.39 is 42.3 Å². The second-order valence-electron chi connectivity index (χ2n) is 9.87. The second-order valence-corrected chi connectivity index (χ2v) is 10.3. The van der Waals surface area contributed by atoms with Gasteiger partial charge in [-0.25, -0.2) is 8.78 Å². The molecule has 3 amide bonds. The fraction of sp³-hybridized carbons (Fsp3) is 0.444. The van der Waals surface area contributed by atoms with Crippen LogP contribution in [-0.4, -0.2) is 56.2 Å². The third-order valence-electron chi connectivity index (χ3n) is 6.35. The van der Waals surface area contributed by atoms with Crippen molar-refractivity contribution >= 4 is 35.0 Å². The van der Waals surface area contributed by atoms with Gasteiger partial charge in [0.15, 0.2) is 0 Å². The maximum atomic E-state index is 13.1. The van der Waals surface area contributed by atoms with Crippen molar-refractivity contribution in [3.8, 4) is 5.75 Å². The molecule has 2 aromatic rings. The van der Waals surface area contributed by atoms with Gasteiger partial charge in [-0.3, -0.25) is 14.4 Å². The van der Waals surface area contributed by atoms with Gasteiger partial charge in [-0.05, 0) is 62.6 Å². The first-order valence-corrected chi connectivity index (χ1v) is 12.9. The van der Waals surface area contributed by atoms with Gasteiger partial charge in [0.1, 0.15) is 17.8 Å². The van der Waals surface area contributed by atoms with E-state index in [1.165, 1.54) is 36.4 Å². The molecule has 3 N–H and O–H groups in total. The summed E-state index contributed by atoms with van der Waals surface area (Å²) in [5, 5.41) is 7.54. The second kappa shape index (κ2) is 13.5. The molecule has 1 saturated heterocycles. The maximum Gasteiger partial charge on any atom is 0.402 e. The molecule has 1 heterocycles. The predicted molar refractivity (Wildman–Crippen MR) is 140 cm³/mol. The largest absolute Gasteiger partial charge is 0.487 e. The summed E-state index contributed by atoms with van der Waals surface area (Å²) in [6.07, 6.45) is -6.14. The standard InChI is InChI=1S/C27H29ClF5N3O5/c1-26(2,27(31,32)33)25(39)34-12-15-5-7-20(28)18(10-15)23(37)35-16-6-8-21(41-14-22(29)30)19(11-16)24(38)36-17-4-3-9-40-13-17/h5-8,10-11,17,22H,3-4,9,12-14H2,1-2H3,(H,34,39)(H,35,37)(H,36,38). The number of hydrogen-bond acceptors (Lipinski definition) is 5. The highest BCUT2D eigenvalue weighted by Gasteiger charge is 2.52. The van der Waals surface area contributed by atoms with E-state index in [0.717, 1.165) is 20.3 Å². The number of amides is 3. The lowest BCUT2D eigenvalue weighted by Crippen LogP contribution is -2.46. The third kappa shape index (κ3) is 8.52. The molecule has 3 rings (SSSR count). The van der Waals surface area contributed by atoms with Gasteiger partial charge in [0.2, 0.25) is 5.91 Å². The van der Waals surface area contributed by atoms with Crippen LogP contribution in [0.2, 0.25) is 5.02 Å². The van der Waals surface area contributed by atoms with Crippen molar-refractivity contribution in [1.29, 1.82) is 0 Å². The molecule has 2 aromatic carbocycles. The topological polar surface area (TPSA) is 106 Å². The fourth-order valence-corrected chi connectivity index (χ4v) is 3.97. The number of nitrogens with one attached hydrogen (secondary N) is 3. The Morgan fingerprint density at radius 2 is 1.80 bits per heavy atom. The summed E-state index contributed by atoms with van der Waals surface area (Å²) in [6, 6.07) is 7.66. The molecular weight excluding hydrogens is 577 g/mol. The molecular formula is C27H29ClF5N3O5. The van der Waals surface area contributed by atoms with E-state index >= 15 is 0 Å². The van der Waals surface area contributed by atoms with Crippen LogP contribution in [0.4, 0.5) is 27.6 Å². The Morgan fingerprint density at radius 1 is 1.07 bits per heavy atom. The first-order valence-electron chi connectivity index (χ1n) is 12.6. The third-order valence-corrected chi connectivity index (χ3v) is 6.68. The van der Waals surface area contributed by atoms with Gasteiger partial charge in [-0.1, -0.05) is 17.7 Å². The van der Waals surface area contributed by atoms with Crippen LogP contribution in [0.25, 0.3) is 0 Å². The van der Waals surface area contributed by atoms with Gasteiger partial charge in [0.25, 0.3) is 18.2 Å². The minimum absolute atomic E-state index is 0.0142. The molecule has 1 unspecified atom stereocenters. The number of benzene rings is 2. The van der Waals surface area contributed by atoms with Crippen LogP contribution in [-0.2, 0) is 16.1 Å². The summed E-state index contributed by atoms with van der Waals surface area (Å²) in [5.74, 6) is -2.70. The lowest BCUT2D eigenvalue weighted by atomic mass is 9.91. The molecule has 0 aromatic heterocycles. The first kappa shape index (κ1) is 32.1. The molecule has 0 bridgehead atoms. The Bertz CT molecular complexity index is 1270. The maximum absolute atomic E-state index is 13.1. The summed E-state index contributed by atoms with van der Waals surface area (Å²) in [4.78, 5) is 38.1. The molecule has 0 radical (unpaired) electrons. The van der Waals surface area contributed by atoms with Crippen molar-refractivity contribution in [3.63, 3.8) is 0 Å². The van der Waals surface area contributed by atoms with Crippen molar-refractivity contribution in [1.82, 2.24) is 10.6 Å². The van der Waals surface area contributed by atoms with E-state index in [9.17, 15) is 36.3 Å². The van der Waals surface area contributed by atoms with Crippen LogP contribution in [0.15, 0.2) is 36.4 Å². The zero-order valence-electron chi connectivity index (χ0n) is 22.2. The predicted octanol–water partition coefficient (Wildman–Crippen LogP) is 5.35. The van der Waals surface area contributed by atoms with Gasteiger partial charge < -0.3 is 25.4 Å². The van der Waals surface area contributed by atoms with Gasteiger partial charge in [0.05, 0.1) is 28.8 Å². The number of ether oxygens (including phenoxy) is 2. The highest BCUT2D eigenvalue weighted by atomic mass is 35.5. The smallest absolute Gasteiger partial charge is 0.402 e.